The molecular formula is C20H24N4OS. The van der Waals surface area contributed by atoms with E-state index in [4.69, 9.17) is 4.98 Å². The van der Waals surface area contributed by atoms with Crippen molar-refractivity contribution in [3.63, 3.8) is 0 Å². The molecule has 0 spiro atoms. The van der Waals surface area contributed by atoms with E-state index >= 15 is 0 Å². The van der Waals surface area contributed by atoms with Crippen LogP contribution < -0.4 is 0 Å². The Morgan fingerprint density at radius 3 is 2.73 bits per heavy atom. The number of aromatic nitrogens is 3. The van der Waals surface area contributed by atoms with Gasteiger partial charge in [-0.15, -0.1) is 11.3 Å². The molecule has 6 heteroatoms. The van der Waals surface area contributed by atoms with Gasteiger partial charge in [-0.3, -0.25) is 4.79 Å². The summed E-state index contributed by atoms with van der Waals surface area (Å²) >= 11 is 1.51. The molecule has 0 atom stereocenters. The fourth-order valence-corrected chi connectivity index (χ4v) is 4.66. The van der Waals surface area contributed by atoms with Crippen LogP contribution in [0.5, 0.6) is 0 Å². The first kappa shape index (κ1) is 17.2. The fraction of sp³-hybridized carbons (Fsp3) is 0.450. The molecule has 1 aliphatic heterocycles. The first-order valence-corrected chi connectivity index (χ1v) is 10.1. The Balaban J connectivity index is 1.76. The van der Waals surface area contributed by atoms with Gasteiger partial charge in [0.1, 0.15) is 15.5 Å². The molecule has 3 aromatic heterocycles. The summed E-state index contributed by atoms with van der Waals surface area (Å²) in [6, 6.07) is 4.35. The van der Waals surface area contributed by atoms with Gasteiger partial charge in [0.25, 0.3) is 5.91 Å². The van der Waals surface area contributed by atoms with Crippen molar-refractivity contribution in [2.24, 2.45) is 0 Å². The van der Waals surface area contributed by atoms with Crippen molar-refractivity contribution in [1.82, 2.24) is 19.4 Å². The Morgan fingerprint density at radius 2 is 2.00 bits per heavy atom. The Hall–Kier alpha value is -2.21. The molecule has 1 fully saturated rings. The lowest BCUT2D eigenvalue weighted by Crippen LogP contribution is -2.35. The van der Waals surface area contributed by atoms with E-state index in [0.717, 1.165) is 58.1 Å². The van der Waals surface area contributed by atoms with Crippen LogP contribution in [0.15, 0.2) is 24.5 Å². The number of carbonyl (C=O) groups excluding carboxylic acids is 1. The third-order valence-corrected chi connectivity index (χ3v) is 6.19. The summed E-state index contributed by atoms with van der Waals surface area (Å²) < 4.78 is 2.17. The minimum atomic E-state index is 0.136. The summed E-state index contributed by atoms with van der Waals surface area (Å²) in [5.74, 6) is 0.136. The van der Waals surface area contributed by atoms with Crippen LogP contribution in [0.3, 0.4) is 0 Å². The lowest BCUT2D eigenvalue weighted by molar-refractivity contribution is 0.0728. The van der Waals surface area contributed by atoms with Crippen molar-refractivity contribution in [3.8, 4) is 10.6 Å². The van der Waals surface area contributed by atoms with Gasteiger partial charge < -0.3 is 9.47 Å². The summed E-state index contributed by atoms with van der Waals surface area (Å²) in [6.07, 6.45) is 7.37. The van der Waals surface area contributed by atoms with Crippen molar-refractivity contribution in [3.05, 3.63) is 35.1 Å². The summed E-state index contributed by atoms with van der Waals surface area (Å²) in [6.45, 7) is 7.97. The van der Waals surface area contributed by atoms with E-state index in [1.54, 1.807) is 0 Å². The van der Waals surface area contributed by atoms with E-state index in [9.17, 15) is 4.79 Å². The zero-order chi connectivity index (χ0) is 18.3. The van der Waals surface area contributed by atoms with E-state index in [1.165, 1.54) is 17.8 Å². The first-order valence-electron chi connectivity index (χ1n) is 9.29. The lowest BCUT2D eigenvalue weighted by atomic mass is 10.1. The van der Waals surface area contributed by atoms with E-state index in [0.29, 0.717) is 6.04 Å². The predicted octanol–water partition coefficient (Wildman–Crippen LogP) is 4.68. The third-order valence-electron chi connectivity index (χ3n) is 5.01. The average molecular weight is 369 g/mol. The quantitative estimate of drug-likeness (QED) is 0.675. The monoisotopic (exact) mass is 368 g/mol. The number of aryl methyl sites for hydroxylation is 1. The number of amides is 1. The molecule has 0 radical (unpaired) electrons. The molecule has 0 N–H and O–H groups in total. The van der Waals surface area contributed by atoms with Gasteiger partial charge in [0, 0.05) is 42.5 Å². The molecule has 136 valence electrons. The largest absolute Gasteiger partial charge is 0.338 e. The van der Waals surface area contributed by atoms with Crippen LogP contribution in [0.4, 0.5) is 0 Å². The molecule has 4 rings (SSSR count). The number of thiazole rings is 1. The van der Waals surface area contributed by atoms with Gasteiger partial charge in [-0.25, -0.2) is 9.97 Å². The maximum Gasteiger partial charge on any atom is 0.265 e. The third kappa shape index (κ3) is 2.92. The molecule has 1 amide bonds. The number of pyridine rings is 1. The van der Waals surface area contributed by atoms with E-state index in [2.05, 4.69) is 35.7 Å². The van der Waals surface area contributed by atoms with E-state index in [1.807, 2.05) is 24.1 Å². The highest BCUT2D eigenvalue weighted by Gasteiger charge is 2.24. The zero-order valence-electron chi connectivity index (χ0n) is 15.5. The maximum absolute atomic E-state index is 12.9. The predicted molar refractivity (Wildman–Crippen MR) is 106 cm³/mol. The second-order valence-electron chi connectivity index (χ2n) is 7.20. The fourth-order valence-electron chi connectivity index (χ4n) is 3.60. The molecule has 3 aromatic rings. The highest BCUT2D eigenvalue weighted by molar-refractivity contribution is 7.17. The van der Waals surface area contributed by atoms with Crippen LogP contribution in [-0.2, 0) is 0 Å². The molecule has 0 unspecified atom stereocenters. The minimum Gasteiger partial charge on any atom is -0.338 e. The van der Waals surface area contributed by atoms with Crippen LogP contribution in [0, 0.1) is 6.92 Å². The van der Waals surface area contributed by atoms with Crippen molar-refractivity contribution in [1.29, 1.82) is 0 Å². The summed E-state index contributed by atoms with van der Waals surface area (Å²) in [7, 11) is 0. The Bertz CT molecular complexity index is 950. The van der Waals surface area contributed by atoms with Gasteiger partial charge in [0.15, 0.2) is 0 Å². The molecule has 1 saturated heterocycles. The number of hydrogen-bond donors (Lipinski definition) is 0. The molecule has 0 aliphatic carbocycles. The number of carbonyl (C=O) groups is 1. The summed E-state index contributed by atoms with van der Waals surface area (Å²) in [5.41, 5.74) is 2.86. The number of nitrogens with zero attached hydrogens (tertiary/aromatic N) is 4. The topological polar surface area (TPSA) is 51.0 Å². The highest BCUT2D eigenvalue weighted by Crippen LogP contribution is 2.35. The molecular weight excluding hydrogens is 344 g/mol. The van der Waals surface area contributed by atoms with Gasteiger partial charge >= 0.3 is 0 Å². The first-order chi connectivity index (χ1) is 12.6. The minimum absolute atomic E-state index is 0.136. The number of likely N-dealkylation sites (tertiary alicyclic amines) is 1. The standard InChI is InChI=1S/C20H24N4OS/c1-13(2)24-12-16(15-8-7-9-21-18(15)24)19-22-14(3)17(26-19)20(25)23-10-5-4-6-11-23/h7-9,12-13H,4-6,10-11H2,1-3H3. The SMILES string of the molecule is Cc1nc(-c2cn(C(C)C)c3ncccc23)sc1C(=O)N1CCCCC1. The van der Waals surface area contributed by atoms with Crippen molar-refractivity contribution in [2.45, 2.75) is 46.1 Å². The normalized spacial score (nSPS) is 15.2. The lowest BCUT2D eigenvalue weighted by Gasteiger charge is -2.26. The molecule has 1 aliphatic rings. The molecule has 0 saturated carbocycles. The second-order valence-corrected chi connectivity index (χ2v) is 8.20. The molecule has 0 bridgehead atoms. The molecule has 0 aromatic carbocycles. The molecule has 5 nitrogen and oxygen atoms in total. The highest BCUT2D eigenvalue weighted by atomic mass is 32.1. The smallest absolute Gasteiger partial charge is 0.265 e. The molecule has 4 heterocycles. The van der Waals surface area contributed by atoms with Crippen LogP contribution in [0.1, 0.15) is 54.5 Å². The molecule has 26 heavy (non-hydrogen) atoms. The van der Waals surface area contributed by atoms with Crippen molar-refractivity contribution >= 4 is 28.3 Å². The second kappa shape index (κ2) is 6.83. The van der Waals surface area contributed by atoms with Crippen LogP contribution >= 0.6 is 11.3 Å². The van der Waals surface area contributed by atoms with Crippen LogP contribution in [-0.4, -0.2) is 38.4 Å². The summed E-state index contributed by atoms with van der Waals surface area (Å²) in [4.78, 5) is 25.0. The number of piperidine rings is 1. The van der Waals surface area contributed by atoms with Gasteiger partial charge in [-0.05, 0) is 52.2 Å². The van der Waals surface area contributed by atoms with Gasteiger partial charge in [-0.2, -0.15) is 0 Å². The summed E-state index contributed by atoms with van der Waals surface area (Å²) in [5, 5.41) is 1.99. The average Bonchev–Trinajstić information content (AvgIpc) is 3.22. The van der Waals surface area contributed by atoms with Crippen molar-refractivity contribution in [2.75, 3.05) is 13.1 Å². The van der Waals surface area contributed by atoms with Crippen LogP contribution in [0.25, 0.3) is 21.6 Å². The maximum atomic E-state index is 12.9. The van der Waals surface area contributed by atoms with Gasteiger partial charge in [0.05, 0.1) is 5.69 Å². The van der Waals surface area contributed by atoms with Crippen molar-refractivity contribution < 1.29 is 4.79 Å². The zero-order valence-corrected chi connectivity index (χ0v) is 16.3. The Morgan fingerprint density at radius 1 is 1.23 bits per heavy atom. The number of hydrogen-bond acceptors (Lipinski definition) is 4. The van der Waals surface area contributed by atoms with Crippen LogP contribution in [0.2, 0.25) is 0 Å². The Kier molecular flexibility index (Phi) is 4.53. The van der Waals surface area contributed by atoms with Gasteiger partial charge in [-0.1, -0.05) is 0 Å². The van der Waals surface area contributed by atoms with E-state index < -0.39 is 0 Å². The van der Waals surface area contributed by atoms with Gasteiger partial charge in [0.2, 0.25) is 0 Å². The number of fused-ring (bicyclic) bond motifs is 1. The Labute approximate surface area is 157 Å². The van der Waals surface area contributed by atoms with E-state index in [-0.39, 0.29) is 5.91 Å². The number of rotatable bonds is 3.